The minimum Gasteiger partial charge on any atom is -0.287 e. The van der Waals surface area contributed by atoms with Gasteiger partial charge in [-0.15, -0.1) is 5.73 Å². The Morgan fingerprint density at radius 3 is 2.67 bits per heavy atom. The summed E-state index contributed by atoms with van der Waals surface area (Å²) in [7, 11) is 1.77. The third-order valence-corrected chi connectivity index (χ3v) is 3.22. The molecule has 0 unspecified atom stereocenters. The van der Waals surface area contributed by atoms with Gasteiger partial charge in [0.05, 0.1) is 5.71 Å². The van der Waals surface area contributed by atoms with Crippen LogP contribution in [0.1, 0.15) is 33.1 Å². The van der Waals surface area contributed by atoms with Crippen molar-refractivity contribution in [2.24, 2.45) is 10.4 Å². The zero-order valence-corrected chi connectivity index (χ0v) is 11.7. The molecule has 0 atom stereocenters. The molecular formula is C17H23N. The molecule has 0 heterocycles. The first kappa shape index (κ1) is 14.5. The molecule has 1 aliphatic rings. The lowest BCUT2D eigenvalue weighted by molar-refractivity contribution is 0.585. The van der Waals surface area contributed by atoms with Crippen LogP contribution in [0, 0.1) is 5.41 Å². The first-order valence-corrected chi connectivity index (χ1v) is 6.48. The van der Waals surface area contributed by atoms with Crippen molar-refractivity contribution in [2.45, 2.75) is 33.1 Å². The summed E-state index contributed by atoms with van der Waals surface area (Å²) in [6, 6.07) is 0. The van der Waals surface area contributed by atoms with Gasteiger partial charge in [0.15, 0.2) is 0 Å². The number of aliphatic imine (C=N–C) groups is 1. The van der Waals surface area contributed by atoms with Gasteiger partial charge in [-0.2, -0.15) is 0 Å². The zero-order chi connectivity index (χ0) is 13.4. The second-order valence-corrected chi connectivity index (χ2v) is 5.04. The number of rotatable bonds is 6. The van der Waals surface area contributed by atoms with Crippen LogP contribution in [0.5, 0.6) is 0 Å². The maximum atomic E-state index is 4.18. The zero-order valence-electron chi connectivity index (χ0n) is 11.7. The SMILES string of the molecule is C=C(/C=C\C=C/CC1(C)CC1)/C(C=C=CC)=N/C. The smallest absolute Gasteiger partial charge is 0.0714 e. The Kier molecular flexibility index (Phi) is 5.61. The first-order valence-electron chi connectivity index (χ1n) is 6.48. The van der Waals surface area contributed by atoms with E-state index in [-0.39, 0.29) is 0 Å². The predicted octanol–water partition coefficient (Wildman–Crippen LogP) is 4.65. The lowest BCUT2D eigenvalue weighted by atomic mass is 10.1. The summed E-state index contributed by atoms with van der Waals surface area (Å²) in [6.45, 7) is 8.27. The van der Waals surface area contributed by atoms with E-state index in [1.54, 1.807) is 7.05 Å². The summed E-state index contributed by atoms with van der Waals surface area (Å²) in [5.41, 5.74) is 5.38. The minimum absolute atomic E-state index is 0.589. The van der Waals surface area contributed by atoms with E-state index in [2.05, 4.69) is 36.4 Å². The van der Waals surface area contributed by atoms with Gasteiger partial charge >= 0.3 is 0 Å². The molecule has 1 aliphatic carbocycles. The van der Waals surface area contributed by atoms with E-state index in [1.807, 2.05) is 31.2 Å². The lowest BCUT2D eigenvalue weighted by Crippen LogP contribution is -1.94. The highest BCUT2D eigenvalue weighted by molar-refractivity contribution is 6.09. The van der Waals surface area contributed by atoms with Crippen molar-refractivity contribution >= 4 is 5.71 Å². The summed E-state index contributed by atoms with van der Waals surface area (Å²) < 4.78 is 0. The van der Waals surface area contributed by atoms with Crippen molar-refractivity contribution < 1.29 is 0 Å². The van der Waals surface area contributed by atoms with Crippen LogP contribution in [-0.4, -0.2) is 12.8 Å². The number of hydrogen-bond acceptors (Lipinski definition) is 1. The monoisotopic (exact) mass is 241 g/mol. The highest BCUT2D eigenvalue weighted by Gasteiger charge is 2.35. The molecule has 0 N–H and O–H groups in total. The van der Waals surface area contributed by atoms with Gasteiger partial charge in [0.2, 0.25) is 0 Å². The summed E-state index contributed by atoms with van der Waals surface area (Å²) in [5.74, 6) is 0. The molecule has 0 bridgehead atoms. The number of allylic oxidation sites excluding steroid dienone is 6. The summed E-state index contributed by atoms with van der Waals surface area (Å²) in [6.07, 6.45) is 16.0. The van der Waals surface area contributed by atoms with Crippen LogP contribution in [0.3, 0.4) is 0 Å². The second-order valence-electron chi connectivity index (χ2n) is 5.04. The third-order valence-electron chi connectivity index (χ3n) is 3.22. The Morgan fingerprint density at radius 1 is 1.39 bits per heavy atom. The average molecular weight is 241 g/mol. The molecule has 0 saturated heterocycles. The number of hydrogen-bond donors (Lipinski definition) is 0. The molecule has 18 heavy (non-hydrogen) atoms. The van der Waals surface area contributed by atoms with Gasteiger partial charge in [0.25, 0.3) is 0 Å². The largest absolute Gasteiger partial charge is 0.287 e. The van der Waals surface area contributed by atoms with E-state index in [0.717, 1.165) is 11.3 Å². The molecule has 1 heteroatoms. The van der Waals surface area contributed by atoms with E-state index in [9.17, 15) is 0 Å². The van der Waals surface area contributed by atoms with Gasteiger partial charge in [0.1, 0.15) is 0 Å². The molecule has 0 spiro atoms. The Morgan fingerprint density at radius 2 is 2.11 bits per heavy atom. The van der Waals surface area contributed by atoms with Crippen molar-refractivity contribution in [1.29, 1.82) is 0 Å². The molecule has 0 amide bonds. The van der Waals surface area contributed by atoms with E-state index in [1.165, 1.54) is 19.3 Å². The van der Waals surface area contributed by atoms with Crippen LogP contribution in [0.4, 0.5) is 0 Å². The molecule has 0 aliphatic heterocycles. The fourth-order valence-electron chi connectivity index (χ4n) is 1.57. The van der Waals surface area contributed by atoms with Crippen molar-refractivity contribution in [3.63, 3.8) is 0 Å². The van der Waals surface area contributed by atoms with Crippen molar-refractivity contribution in [3.8, 4) is 0 Å². The van der Waals surface area contributed by atoms with Gasteiger partial charge < -0.3 is 0 Å². The van der Waals surface area contributed by atoms with E-state index >= 15 is 0 Å². The Hall–Kier alpha value is -1.59. The average Bonchev–Trinajstić information content (AvgIpc) is 3.08. The van der Waals surface area contributed by atoms with Crippen LogP contribution in [0.25, 0.3) is 0 Å². The topological polar surface area (TPSA) is 12.4 Å². The molecule has 1 fully saturated rings. The number of nitrogens with zero attached hydrogens (tertiary/aromatic N) is 1. The molecule has 0 aromatic heterocycles. The van der Waals surface area contributed by atoms with Gasteiger partial charge in [-0.05, 0) is 43.3 Å². The minimum atomic E-state index is 0.589. The highest BCUT2D eigenvalue weighted by atomic mass is 14.7. The molecular weight excluding hydrogens is 218 g/mol. The van der Waals surface area contributed by atoms with Crippen LogP contribution in [0.2, 0.25) is 0 Å². The second kappa shape index (κ2) is 6.98. The summed E-state index contributed by atoms with van der Waals surface area (Å²) in [5, 5.41) is 0. The van der Waals surface area contributed by atoms with Gasteiger partial charge in [-0.3, -0.25) is 4.99 Å². The molecule has 1 rings (SSSR count). The molecule has 0 radical (unpaired) electrons. The Labute approximate surface area is 111 Å². The fourth-order valence-corrected chi connectivity index (χ4v) is 1.57. The van der Waals surface area contributed by atoms with Crippen LogP contribution >= 0.6 is 0 Å². The molecule has 96 valence electrons. The van der Waals surface area contributed by atoms with Gasteiger partial charge in [-0.1, -0.05) is 37.8 Å². The molecule has 0 aromatic carbocycles. The maximum Gasteiger partial charge on any atom is 0.0714 e. The normalized spacial score (nSPS) is 17.8. The van der Waals surface area contributed by atoms with Crippen LogP contribution < -0.4 is 0 Å². The fraction of sp³-hybridized carbons (Fsp3) is 0.412. The Bertz CT molecular complexity index is 436. The van der Waals surface area contributed by atoms with E-state index in [4.69, 9.17) is 0 Å². The van der Waals surface area contributed by atoms with Gasteiger partial charge in [-0.25, -0.2) is 0 Å². The van der Waals surface area contributed by atoms with Crippen molar-refractivity contribution in [3.05, 3.63) is 54.3 Å². The van der Waals surface area contributed by atoms with E-state index < -0.39 is 0 Å². The Balaban J connectivity index is 2.45. The first-order chi connectivity index (χ1) is 8.61. The van der Waals surface area contributed by atoms with Crippen molar-refractivity contribution in [2.75, 3.05) is 7.05 Å². The molecule has 0 aromatic rings. The summed E-state index contributed by atoms with van der Waals surface area (Å²) >= 11 is 0. The van der Waals surface area contributed by atoms with Crippen LogP contribution in [-0.2, 0) is 0 Å². The lowest BCUT2D eigenvalue weighted by Gasteiger charge is -2.00. The molecule has 1 saturated carbocycles. The summed E-state index contributed by atoms with van der Waals surface area (Å²) in [4.78, 5) is 4.18. The quantitative estimate of drug-likeness (QED) is 0.365. The molecule has 1 nitrogen and oxygen atoms in total. The third kappa shape index (κ3) is 5.16. The highest BCUT2D eigenvalue weighted by Crippen LogP contribution is 2.48. The maximum absolute atomic E-state index is 4.18. The van der Waals surface area contributed by atoms with Crippen molar-refractivity contribution in [1.82, 2.24) is 0 Å². The standard InChI is InChI=1S/C17H23N/c1-5-6-11-16(18-4)15(2)10-8-7-9-12-17(3)13-14-17/h5,7-11H,2,12-14H2,1,3-4H3/b9-7-,10-8-,18-16+. The van der Waals surface area contributed by atoms with Gasteiger partial charge in [0, 0.05) is 13.1 Å². The predicted molar refractivity (Wildman–Crippen MR) is 81.1 cm³/mol. The van der Waals surface area contributed by atoms with E-state index in [0.29, 0.717) is 5.41 Å². The van der Waals surface area contributed by atoms with Crippen LogP contribution in [0.15, 0.2) is 59.3 Å².